The molecule has 8 nitrogen and oxygen atoms in total. The molecule has 2 aromatic carbocycles. The van der Waals surface area contributed by atoms with Crippen molar-refractivity contribution in [3.8, 4) is 12.3 Å². The number of anilines is 1. The number of unbranched alkanes of at least 4 members (excludes halogenated alkanes) is 1. The monoisotopic (exact) mass is 457 g/mol. The fourth-order valence-corrected chi connectivity index (χ4v) is 4.29. The molecule has 0 bridgehead atoms. The van der Waals surface area contributed by atoms with Crippen LogP contribution in [0, 0.1) is 19.3 Å². The van der Waals surface area contributed by atoms with E-state index >= 15 is 0 Å². The second-order valence-corrected chi connectivity index (χ2v) is 9.13. The van der Waals surface area contributed by atoms with Gasteiger partial charge in [0.15, 0.2) is 9.84 Å². The number of nitrogens with one attached hydrogen (secondary N) is 2. The lowest BCUT2D eigenvalue weighted by Gasteiger charge is -2.19. The molecular formula is C23H27N3O5S. The molecule has 0 heterocycles. The lowest BCUT2D eigenvalue weighted by molar-refractivity contribution is -0.116. The first-order valence-corrected chi connectivity index (χ1v) is 11.7. The Morgan fingerprint density at radius 2 is 1.91 bits per heavy atom. The Bertz CT molecular complexity index is 1080. The van der Waals surface area contributed by atoms with Crippen LogP contribution < -0.4 is 16.4 Å². The Balaban J connectivity index is 2.26. The standard InChI is InChI=1S/C23H27N3O5S/c1-3-4-5-9-22(27)26-19-8-6-7-18(14-19)21(31-23(28)25-16-24)15-32(29,30)20-12-10-17(2)11-13-20/h1,6-8,10-14,21H,4-5,9,15-16,24H2,2H3,(H,25,28)(H,26,27). The number of benzene rings is 2. The van der Waals surface area contributed by atoms with Crippen molar-refractivity contribution in [1.82, 2.24) is 5.32 Å². The third-order valence-corrected chi connectivity index (χ3v) is 6.25. The highest BCUT2D eigenvalue weighted by Crippen LogP contribution is 2.26. The van der Waals surface area contributed by atoms with Crippen LogP contribution in [-0.4, -0.2) is 32.8 Å². The molecule has 0 aliphatic rings. The maximum absolute atomic E-state index is 13.0. The number of nitrogens with two attached hydrogens (primary N) is 1. The van der Waals surface area contributed by atoms with Crippen molar-refractivity contribution in [3.63, 3.8) is 0 Å². The average Bonchev–Trinajstić information content (AvgIpc) is 2.74. The molecule has 0 fully saturated rings. The number of hydrogen-bond donors (Lipinski definition) is 3. The third kappa shape index (κ3) is 7.72. The van der Waals surface area contributed by atoms with Crippen LogP contribution in [-0.2, 0) is 19.4 Å². The minimum atomic E-state index is -3.78. The zero-order valence-electron chi connectivity index (χ0n) is 17.8. The van der Waals surface area contributed by atoms with Gasteiger partial charge in [0.25, 0.3) is 0 Å². The van der Waals surface area contributed by atoms with Crippen LogP contribution in [0.1, 0.15) is 36.5 Å². The van der Waals surface area contributed by atoms with E-state index in [4.69, 9.17) is 16.9 Å². The summed E-state index contributed by atoms with van der Waals surface area (Å²) in [6, 6.07) is 12.9. The Morgan fingerprint density at radius 1 is 1.19 bits per heavy atom. The molecule has 0 aromatic heterocycles. The van der Waals surface area contributed by atoms with Gasteiger partial charge in [0.2, 0.25) is 5.91 Å². The predicted octanol–water partition coefficient (Wildman–Crippen LogP) is 2.89. The Kier molecular flexibility index (Phi) is 9.25. The summed E-state index contributed by atoms with van der Waals surface area (Å²) in [6.45, 7) is 1.69. The van der Waals surface area contributed by atoms with E-state index < -0.39 is 27.8 Å². The number of aryl methyl sites for hydroxylation is 1. The molecule has 9 heteroatoms. The lowest BCUT2D eigenvalue weighted by Crippen LogP contribution is -2.32. The number of ether oxygens (including phenoxy) is 1. The van der Waals surface area contributed by atoms with E-state index in [-0.39, 0.29) is 23.9 Å². The van der Waals surface area contributed by atoms with Gasteiger partial charge in [0, 0.05) is 18.5 Å². The van der Waals surface area contributed by atoms with Gasteiger partial charge in [0.05, 0.1) is 17.3 Å². The van der Waals surface area contributed by atoms with Crippen molar-refractivity contribution in [3.05, 3.63) is 59.7 Å². The number of amides is 2. The molecule has 1 unspecified atom stereocenters. The molecule has 0 saturated heterocycles. The highest BCUT2D eigenvalue weighted by atomic mass is 32.2. The van der Waals surface area contributed by atoms with Gasteiger partial charge in [-0.05, 0) is 43.2 Å². The fraction of sp³-hybridized carbons (Fsp3) is 0.304. The molecule has 0 radical (unpaired) electrons. The summed E-state index contributed by atoms with van der Waals surface area (Å²) in [6.07, 6.45) is 4.54. The van der Waals surface area contributed by atoms with Gasteiger partial charge in [-0.3, -0.25) is 4.79 Å². The fourth-order valence-electron chi connectivity index (χ4n) is 2.88. The number of carbonyl (C=O) groups excluding carboxylic acids is 2. The van der Waals surface area contributed by atoms with Crippen molar-refractivity contribution < 1.29 is 22.7 Å². The number of terminal acetylenes is 1. The highest BCUT2D eigenvalue weighted by molar-refractivity contribution is 7.91. The summed E-state index contributed by atoms with van der Waals surface area (Å²) in [5, 5.41) is 5.03. The number of carbonyl (C=O) groups is 2. The summed E-state index contributed by atoms with van der Waals surface area (Å²) in [7, 11) is -3.78. The van der Waals surface area contributed by atoms with Gasteiger partial charge in [-0.2, -0.15) is 0 Å². The Labute approximate surface area is 188 Å². The van der Waals surface area contributed by atoms with Gasteiger partial charge in [-0.15, -0.1) is 12.3 Å². The van der Waals surface area contributed by atoms with E-state index in [0.717, 1.165) is 5.56 Å². The van der Waals surface area contributed by atoms with Crippen molar-refractivity contribution in [2.45, 2.75) is 37.2 Å². The molecule has 2 amide bonds. The quantitative estimate of drug-likeness (QED) is 0.286. The first kappa shape index (κ1) is 24.9. The molecule has 4 N–H and O–H groups in total. The Morgan fingerprint density at radius 3 is 2.56 bits per heavy atom. The minimum absolute atomic E-state index is 0.119. The Hall–Kier alpha value is -3.35. The van der Waals surface area contributed by atoms with Gasteiger partial charge < -0.3 is 21.1 Å². The van der Waals surface area contributed by atoms with Crippen LogP contribution in [0.4, 0.5) is 10.5 Å². The molecule has 170 valence electrons. The number of hydrogen-bond acceptors (Lipinski definition) is 6. The van der Waals surface area contributed by atoms with E-state index in [1.807, 2.05) is 6.92 Å². The van der Waals surface area contributed by atoms with Crippen LogP contribution in [0.3, 0.4) is 0 Å². The molecule has 32 heavy (non-hydrogen) atoms. The van der Waals surface area contributed by atoms with Crippen LogP contribution in [0.25, 0.3) is 0 Å². The first-order chi connectivity index (χ1) is 15.2. The predicted molar refractivity (Wildman–Crippen MR) is 122 cm³/mol. The normalized spacial score (nSPS) is 11.8. The second-order valence-electron chi connectivity index (χ2n) is 7.10. The molecule has 2 rings (SSSR count). The maximum atomic E-state index is 13.0. The SMILES string of the molecule is C#CCCCC(=O)Nc1cccc(C(CS(=O)(=O)c2ccc(C)cc2)OC(=O)NCN)c1. The van der Waals surface area contributed by atoms with Crippen molar-refractivity contribution >= 4 is 27.5 Å². The number of rotatable bonds is 10. The van der Waals surface area contributed by atoms with E-state index in [9.17, 15) is 18.0 Å². The minimum Gasteiger partial charge on any atom is -0.440 e. The van der Waals surface area contributed by atoms with Gasteiger partial charge in [0.1, 0.15) is 6.10 Å². The summed E-state index contributed by atoms with van der Waals surface area (Å²) in [5.74, 6) is 1.78. The van der Waals surface area contributed by atoms with Crippen molar-refractivity contribution in [2.75, 3.05) is 17.7 Å². The van der Waals surface area contributed by atoms with Crippen LogP contribution >= 0.6 is 0 Å². The third-order valence-electron chi connectivity index (χ3n) is 4.51. The van der Waals surface area contributed by atoms with E-state index in [0.29, 0.717) is 24.1 Å². The van der Waals surface area contributed by atoms with Gasteiger partial charge in [-0.25, -0.2) is 13.2 Å². The highest BCUT2D eigenvalue weighted by Gasteiger charge is 2.26. The van der Waals surface area contributed by atoms with Crippen molar-refractivity contribution in [1.29, 1.82) is 0 Å². The zero-order valence-corrected chi connectivity index (χ0v) is 18.7. The molecule has 0 saturated carbocycles. The summed E-state index contributed by atoms with van der Waals surface area (Å²) < 4.78 is 31.3. The summed E-state index contributed by atoms with van der Waals surface area (Å²) in [4.78, 5) is 24.2. The zero-order chi connectivity index (χ0) is 23.6. The smallest absolute Gasteiger partial charge is 0.408 e. The molecule has 1 atom stereocenters. The van der Waals surface area contributed by atoms with E-state index in [1.165, 1.54) is 12.1 Å². The van der Waals surface area contributed by atoms with Gasteiger partial charge >= 0.3 is 6.09 Å². The molecule has 0 spiro atoms. The molecular weight excluding hydrogens is 430 g/mol. The number of alkyl carbamates (subject to hydrolysis) is 1. The van der Waals surface area contributed by atoms with E-state index in [1.54, 1.807) is 36.4 Å². The molecule has 0 aliphatic heterocycles. The van der Waals surface area contributed by atoms with Gasteiger partial charge in [-0.1, -0.05) is 29.8 Å². The van der Waals surface area contributed by atoms with Crippen LogP contribution in [0.5, 0.6) is 0 Å². The first-order valence-electron chi connectivity index (χ1n) is 10.0. The summed E-state index contributed by atoms with van der Waals surface area (Å²) >= 11 is 0. The topological polar surface area (TPSA) is 128 Å². The largest absolute Gasteiger partial charge is 0.440 e. The average molecular weight is 458 g/mol. The number of sulfone groups is 1. The molecule has 0 aliphatic carbocycles. The summed E-state index contributed by atoms with van der Waals surface area (Å²) in [5.41, 5.74) is 7.10. The second kappa shape index (κ2) is 11.9. The van der Waals surface area contributed by atoms with Crippen molar-refractivity contribution in [2.24, 2.45) is 5.73 Å². The van der Waals surface area contributed by atoms with E-state index in [2.05, 4.69) is 16.6 Å². The van der Waals surface area contributed by atoms with Crippen LogP contribution in [0.15, 0.2) is 53.4 Å². The van der Waals surface area contributed by atoms with Crippen LogP contribution in [0.2, 0.25) is 0 Å². The maximum Gasteiger partial charge on any atom is 0.408 e. The lowest BCUT2D eigenvalue weighted by atomic mass is 10.1. The molecule has 2 aromatic rings.